The summed E-state index contributed by atoms with van der Waals surface area (Å²) in [5, 5.41) is 10.2. The highest BCUT2D eigenvalue weighted by molar-refractivity contribution is 5.92. The molecule has 0 aliphatic carbocycles. The largest absolute Gasteiger partial charge is 0.416 e. The minimum atomic E-state index is -4.70. The van der Waals surface area contributed by atoms with E-state index in [9.17, 15) is 22.4 Å². The van der Waals surface area contributed by atoms with Crippen LogP contribution in [0.2, 0.25) is 0 Å². The number of hydrogen-bond acceptors (Lipinski definition) is 2. The highest BCUT2D eigenvalue weighted by Crippen LogP contribution is 2.31. The van der Waals surface area contributed by atoms with Crippen LogP contribution in [-0.4, -0.2) is 5.91 Å². The van der Waals surface area contributed by atoms with Gasteiger partial charge in [0.1, 0.15) is 12.2 Å². The van der Waals surface area contributed by atoms with Crippen molar-refractivity contribution < 1.29 is 22.4 Å². The minimum absolute atomic E-state index is 0.319. The molecule has 1 N–H and O–H groups in total. The van der Waals surface area contributed by atoms with Gasteiger partial charge in [0, 0.05) is 5.69 Å². The van der Waals surface area contributed by atoms with E-state index in [0.717, 1.165) is 6.07 Å². The maximum absolute atomic E-state index is 12.9. The zero-order valence-electron chi connectivity index (χ0n) is 8.31. The smallest absolute Gasteiger partial charge is 0.325 e. The second kappa shape index (κ2) is 4.82. The Bertz CT molecular complexity index is 476. The van der Waals surface area contributed by atoms with E-state index in [2.05, 4.69) is 0 Å². The number of alkyl halides is 3. The van der Waals surface area contributed by atoms with Crippen LogP contribution in [0.15, 0.2) is 18.2 Å². The van der Waals surface area contributed by atoms with Crippen LogP contribution < -0.4 is 5.32 Å². The van der Waals surface area contributed by atoms with Gasteiger partial charge in [0.15, 0.2) is 0 Å². The molecule has 0 aliphatic heterocycles. The summed E-state index contributed by atoms with van der Waals surface area (Å²) in [6.07, 6.45) is -5.21. The van der Waals surface area contributed by atoms with Crippen molar-refractivity contribution in [2.24, 2.45) is 0 Å². The molecule has 0 spiro atoms. The molecule has 1 aromatic carbocycles. The summed E-state index contributed by atoms with van der Waals surface area (Å²) in [6.45, 7) is 0. The molecule has 0 bridgehead atoms. The third-order valence-corrected chi connectivity index (χ3v) is 1.75. The number of nitrogens with zero attached hydrogens (tertiary/aromatic N) is 1. The fourth-order valence-corrected chi connectivity index (χ4v) is 1.10. The average molecular weight is 246 g/mol. The Morgan fingerprint density at radius 1 is 1.35 bits per heavy atom. The van der Waals surface area contributed by atoms with Gasteiger partial charge in [-0.25, -0.2) is 4.39 Å². The summed E-state index contributed by atoms with van der Waals surface area (Å²) in [7, 11) is 0. The first-order valence-corrected chi connectivity index (χ1v) is 4.37. The molecule has 0 aliphatic rings. The maximum atomic E-state index is 12.9. The highest BCUT2D eigenvalue weighted by atomic mass is 19.4. The summed E-state index contributed by atoms with van der Waals surface area (Å²) in [5.74, 6) is -1.92. The molecule has 0 atom stereocenters. The lowest BCUT2D eigenvalue weighted by Gasteiger charge is -2.09. The fraction of sp³-hybridized carbons (Fsp3) is 0.200. The van der Waals surface area contributed by atoms with Gasteiger partial charge in [-0.1, -0.05) is 0 Å². The highest BCUT2D eigenvalue weighted by Gasteiger charge is 2.31. The van der Waals surface area contributed by atoms with Gasteiger partial charge in [0.2, 0.25) is 5.91 Å². The molecule has 1 amide bonds. The molecule has 17 heavy (non-hydrogen) atoms. The molecule has 3 nitrogen and oxygen atoms in total. The van der Waals surface area contributed by atoms with E-state index >= 15 is 0 Å². The second-order valence-corrected chi connectivity index (χ2v) is 3.11. The van der Waals surface area contributed by atoms with Gasteiger partial charge in [0.25, 0.3) is 0 Å². The van der Waals surface area contributed by atoms with E-state index in [0.29, 0.717) is 12.1 Å². The lowest BCUT2D eigenvalue weighted by atomic mass is 10.2. The van der Waals surface area contributed by atoms with Gasteiger partial charge in [0.05, 0.1) is 11.6 Å². The van der Waals surface area contributed by atoms with Gasteiger partial charge in [-0.3, -0.25) is 4.79 Å². The normalized spacial score (nSPS) is 10.8. The Hall–Kier alpha value is -2.10. The number of benzene rings is 1. The maximum Gasteiger partial charge on any atom is 0.416 e. The third-order valence-electron chi connectivity index (χ3n) is 1.75. The summed E-state index contributed by atoms with van der Waals surface area (Å²) in [5.41, 5.74) is -1.54. The molecular weight excluding hydrogens is 240 g/mol. The number of carbonyl (C=O) groups excluding carboxylic acids is 1. The molecule has 0 aromatic heterocycles. The lowest BCUT2D eigenvalue weighted by Crippen LogP contribution is -2.12. The molecule has 0 saturated carbocycles. The molecule has 0 fully saturated rings. The molecule has 0 saturated heterocycles. The molecule has 0 unspecified atom stereocenters. The standard InChI is InChI=1S/C10H6F4N2O/c11-7-3-6(10(12,13)14)4-8(5-7)16-9(17)1-2-15/h3-5H,1H2,(H,16,17). The van der Waals surface area contributed by atoms with E-state index in [1.807, 2.05) is 5.32 Å². The number of amides is 1. The number of hydrogen-bond donors (Lipinski definition) is 1. The Labute approximate surface area is 93.7 Å². The van der Waals surface area contributed by atoms with E-state index < -0.39 is 29.9 Å². The van der Waals surface area contributed by atoms with Crippen LogP contribution in [0.4, 0.5) is 23.2 Å². The molecule has 7 heteroatoms. The Morgan fingerprint density at radius 2 is 2.00 bits per heavy atom. The molecule has 0 heterocycles. The van der Waals surface area contributed by atoms with Gasteiger partial charge in [-0.2, -0.15) is 18.4 Å². The predicted molar refractivity (Wildman–Crippen MR) is 50.3 cm³/mol. The fourth-order valence-electron chi connectivity index (χ4n) is 1.10. The minimum Gasteiger partial charge on any atom is -0.325 e. The Balaban J connectivity index is 2.99. The topological polar surface area (TPSA) is 52.9 Å². The number of nitrogens with one attached hydrogen (secondary N) is 1. The first-order chi connectivity index (χ1) is 7.82. The number of carbonyl (C=O) groups is 1. The molecule has 0 radical (unpaired) electrons. The molecular formula is C10H6F4N2O. The van der Waals surface area contributed by atoms with Crippen LogP contribution in [0.3, 0.4) is 0 Å². The third kappa shape index (κ3) is 3.75. The first kappa shape index (κ1) is 13.0. The van der Waals surface area contributed by atoms with Crippen molar-refractivity contribution in [3.63, 3.8) is 0 Å². The van der Waals surface area contributed by atoms with E-state index in [1.54, 1.807) is 0 Å². The number of nitriles is 1. The zero-order chi connectivity index (χ0) is 13.1. The zero-order valence-corrected chi connectivity index (χ0v) is 8.31. The predicted octanol–water partition coefficient (Wildman–Crippen LogP) is 2.70. The van der Waals surface area contributed by atoms with Crippen molar-refractivity contribution in [1.29, 1.82) is 5.26 Å². The van der Waals surface area contributed by atoms with E-state index in [1.165, 1.54) is 6.07 Å². The summed E-state index contributed by atoms with van der Waals surface area (Å²) < 4.78 is 49.8. The summed E-state index contributed by atoms with van der Waals surface area (Å²) in [4.78, 5) is 10.9. The number of rotatable bonds is 2. The van der Waals surface area contributed by atoms with Crippen molar-refractivity contribution in [2.75, 3.05) is 5.32 Å². The van der Waals surface area contributed by atoms with Gasteiger partial charge < -0.3 is 5.32 Å². The van der Waals surface area contributed by atoms with Crippen LogP contribution >= 0.6 is 0 Å². The molecule has 1 aromatic rings. The van der Waals surface area contributed by atoms with Gasteiger partial charge >= 0.3 is 6.18 Å². The van der Waals surface area contributed by atoms with Crippen molar-refractivity contribution in [1.82, 2.24) is 0 Å². The Kier molecular flexibility index (Phi) is 3.68. The van der Waals surface area contributed by atoms with Crippen LogP contribution in [0.25, 0.3) is 0 Å². The first-order valence-electron chi connectivity index (χ1n) is 4.37. The quantitative estimate of drug-likeness (QED) is 0.815. The van der Waals surface area contributed by atoms with Crippen molar-refractivity contribution >= 4 is 11.6 Å². The monoisotopic (exact) mass is 246 g/mol. The van der Waals surface area contributed by atoms with Crippen molar-refractivity contribution in [3.8, 4) is 6.07 Å². The number of halogens is 4. The molecule has 90 valence electrons. The van der Waals surface area contributed by atoms with E-state index in [4.69, 9.17) is 5.26 Å². The van der Waals surface area contributed by atoms with Crippen LogP contribution in [-0.2, 0) is 11.0 Å². The van der Waals surface area contributed by atoms with Crippen LogP contribution in [0, 0.1) is 17.1 Å². The summed E-state index contributed by atoms with van der Waals surface area (Å²) in [6, 6.07) is 3.17. The van der Waals surface area contributed by atoms with Crippen LogP contribution in [0.5, 0.6) is 0 Å². The van der Waals surface area contributed by atoms with Gasteiger partial charge in [-0.15, -0.1) is 0 Å². The SMILES string of the molecule is N#CCC(=O)Nc1cc(F)cc(C(F)(F)F)c1. The molecule has 1 rings (SSSR count). The van der Waals surface area contributed by atoms with Gasteiger partial charge in [-0.05, 0) is 18.2 Å². The van der Waals surface area contributed by atoms with Crippen molar-refractivity contribution in [3.05, 3.63) is 29.6 Å². The second-order valence-electron chi connectivity index (χ2n) is 3.11. The summed E-state index contributed by atoms with van der Waals surface area (Å²) >= 11 is 0. The van der Waals surface area contributed by atoms with E-state index in [-0.39, 0.29) is 5.69 Å². The Morgan fingerprint density at radius 3 is 2.53 bits per heavy atom. The van der Waals surface area contributed by atoms with Crippen molar-refractivity contribution in [2.45, 2.75) is 12.6 Å². The van der Waals surface area contributed by atoms with Crippen LogP contribution in [0.1, 0.15) is 12.0 Å². The number of anilines is 1. The lowest BCUT2D eigenvalue weighted by molar-refractivity contribution is -0.137. The average Bonchev–Trinajstić information content (AvgIpc) is 2.15.